The summed E-state index contributed by atoms with van der Waals surface area (Å²) in [7, 11) is 0. The average molecular weight is 595 g/mol. The summed E-state index contributed by atoms with van der Waals surface area (Å²) in [5, 5.41) is 22.7. The van der Waals surface area contributed by atoms with Crippen molar-refractivity contribution in [2.24, 2.45) is 0 Å². The normalized spacial score (nSPS) is 11.1. The smallest absolute Gasteiger partial charge is 0.296 e. The van der Waals surface area contributed by atoms with Crippen LogP contribution in [0.25, 0.3) is 11.1 Å². The molecule has 0 saturated carbocycles. The predicted molar refractivity (Wildman–Crippen MR) is 175 cm³/mol. The molecule has 0 aliphatic heterocycles. The molecule has 2 aromatic carbocycles. The van der Waals surface area contributed by atoms with Gasteiger partial charge >= 0.3 is 0 Å². The molecule has 3 aromatic rings. The van der Waals surface area contributed by atoms with Crippen LogP contribution >= 0.6 is 11.6 Å². The van der Waals surface area contributed by atoms with Gasteiger partial charge in [0, 0.05) is 27.9 Å². The molecule has 3 rings (SSSR count). The van der Waals surface area contributed by atoms with Gasteiger partial charge in [-0.05, 0) is 54.7 Å². The molecule has 228 valence electrons. The Morgan fingerprint density at radius 1 is 0.881 bits per heavy atom. The Hall–Kier alpha value is -3.19. The molecular weight excluding hydrogens is 548 g/mol. The first-order valence-electron chi connectivity index (χ1n) is 15.8. The van der Waals surface area contributed by atoms with Gasteiger partial charge in [-0.15, -0.1) is 0 Å². The highest BCUT2D eigenvalue weighted by molar-refractivity contribution is 6.30. The van der Waals surface area contributed by atoms with Crippen molar-refractivity contribution in [1.82, 2.24) is 10.2 Å². The largest absolute Gasteiger partial charge is 0.350 e. The number of halogens is 1. The molecule has 0 unspecified atom stereocenters. The fraction of sp³-hybridized carbons (Fsp3) is 0.529. The van der Waals surface area contributed by atoms with Crippen molar-refractivity contribution in [1.29, 1.82) is 0 Å². The number of unbranched alkanes of at least 4 members (excludes halogenated alkanes) is 13. The number of nitrogens with one attached hydrogen (secondary N) is 2. The summed E-state index contributed by atoms with van der Waals surface area (Å²) in [6, 6.07) is 10.7. The van der Waals surface area contributed by atoms with Gasteiger partial charge in [0.2, 0.25) is 0 Å². The number of rotatable bonds is 20. The Bertz CT molecular complexity index is 1320. The highest BCUT2D eigenvalue weighted by Crippen LogP contribution is 2.41. The standard InChI is InChI=1S/C34H47ClN4O3/c1-3-5-6-7-8-9-10-11-12-13-14-15-16-17-19-26-22-31(27-23-32(40)38-36-25-27)30(4-2)34(39(41)42)33(26)37-29-21-18-20-28(35)24-29/h18,20-25,37H,3-17,19H2,1-2H3,(H,38,40). The summed E-state index contributed by atoms with van der Waals surface area (Å²) >= 11 is 6.22. The molecule has 0 bridgehead atoms. The average Bonchev–Trinajstić information content (AvgIpc) is 2.97. The number of hydrogen-bond donors (Lipinski definition) is 2. The van der Waals surface area contributed by atoms with E-state index in [0.717, 1.165) is 24.8 Å². The quantitative estimate of drug-likeness (QED) is 0.0769. The minimum Gasteiger partial charge on any atom is -0.350 e. The number of benzene rings is 2. The first kappa shape index (κ1) is 33.3. The molecule has 0 aliphatic rings. The van der Waals surface area contributed by atoms with Crippen molar-refractivity contribution in [3.05, 3.63) is 79.2 Å². The second kappa shape index (κ2) is 18.4. The van der Waals surface area contributed by atoms with Crippen LogP contribution in [0.5, 0.6) is 0 Å². The van der Waals surface area contributed by atoms with Crippen LogP contribution in [0, 0.1) is 10.1 Å². The zero-order chi connectivity index (χ0) is 30.2. The molecule has 0 atom stereocenters. The van der Waals surface area contributed by atoms with E-state index >= 15 is 0 Å². The molecule has 1 aromatic heterocycles. The van der Waals surface area contributed by atoms with Crippen LogP contribution in [0.3, 0.4) is 0 Å². The monoisotopic (exact) mass is 594 g/mol. The van der Waals surface area contributed by atoms with E-state index in [1.54, 1.807) is 18.3 Å². The summed E-state index contributed by atoms with van der Waals surface area (Å²) in [5.74, 6) is 0. The predicted octanol–water partition coefficient (Wildman–Crippen LogP) is 10.3. The van der Waals surface area contributed by atoms with Gasteiger partial charge in [0.15, 0.2) is 0 Å². The van der Waals surface area contributed by atoms with Crippen LogP contribution in [-0.4, -0.2) is 15.1 Å². The van der Waals surface area contributed by atoms with E-state index in [9.17, 15) is 14.9 Å². The van der Waals surface area contributed by atoms with Crippen LogP contribution in [0.2, 0.25) is 5.02 Å². The summed E-state index contributed by atoms with van der Waals surface area (Å²) in [4.78, 5) is 24.3. The second-order valence-electron chi connectivity index (χ2n) is 11.2. The van der Waals surface area contributed by atoms with E-state index in [1.807, 2.05) is 25.1 Å². The summed E-state index contributed by atoms with van der Waals surface area (Å²) in [6.45, 7) is 4.15. The van der Waals surface area contributed by atoms with Crippen molar-refractivity contribution in [2.45, 2.75) is 117 Å². The highest BCUT2D eigenvalue weighted by atomic mass is 35.5. The zero-order valence-electron chi connectivity index (χ0n) is 25.4. The lowest BCUT2D eigenvalue weighted by Crippen LogP contribution is -2.09. The van der Waals surface area contributed by atoms with E-state index in [0.29, 0.717) is 45.9 Å². The Kier molecular flexibility index (Phi) is 14.6. The number of nitro benzene ring substituents is 1. The maximum absolute atomic E-state index is 12.5. The van der Waals surface area contributed by atoms with E-state index in [-0.39, 0.29) is 16.2 Å². The van der Waals surface area contributed by atoms with Crippen LogP contribution in [0.15, 0.2) is 47.4 Å². The topological polar surface area (TPSA) is 101 Å². The Labute approximate surface area is 255 Å². The molecule has 1 heterocycles. The highest BCUT2D eigenvalue weighted by Gasteiger charge is 2.27. The van der Waals surface area contributed by atoms with Crippen LogP contribution in [-0.2, 0) is 12.8 Å². The number of aromatic nitrogens is 2. The van der Waals surface area contributed by atoms with Gasteiger partial charge in [-0.25, -0.2) is 5.10 Å². The molecule has 0 fully saturated rings. The van der Waals surface area contributed by atoms with Gasteiger partial charge in [0.05, 0.1) is 11.1 Å². The van der Waals surface area contributed by atoms with E-state index in [4.69, 9.17) is 11.6 Å². The van der Waals surface area contributed by atoms with Crippen molar-refractivity contribution < 1.29 is 4.92 Å². The van der Waals surface area contributed by atoms with Crippen molar-refractivity contribution in [3.63, 3.8) is 0 Å². The van der Waals surface area contributed by atoms with Crippen molar-refractivity contribution >= 4 is 28.7 Å². The Balaban J connectivity index is 1.68. The molecule has 0 saturated heterocycles. The number of anilines is 2. The van der Waals surface area contributed by atoms with E-state index < -0.39 is 0 Å². The van der Waals surface area contributed by atoms with Crippen molar-refractivity contribution in [3.8, 4) is 11.1 Å². The van der Waals surface area contributed by atoms with Crippen molar-refractivity contribution in [2.75, 3.05) is 5.32 Å². The summed E-state index contributed by atoms with van der Waals surface area (Å²) < 4.78 is 0. The number of H-pyrrole nitrogens is 1. The van der Waals surface area contributed by atoms with Gasteiger partial charge in [0.25, 0.3) is 11.2 Å². The third-order valence-electron chi connectivity index (χ3n) is 7.89. The Morgan fingerprint density at radius 3 is 2.05 bits per heavy atom. The SMILES string of the molecule is CCCCCCCCCCCCCCCCc1cc(-c2cn[nH]c(=O)c2)c(CC)c([N+](=O)[O-])c1Nc1cccc(Cl)c1. The van der Waals surface area contributed by atoms with Gasteiger partial charge in [-0.1, -0.05) is 115 Å². The van der Waals surface area contributed by atoms with Crippen LogP contribution in [0.1, 0.15) is 115 Å². The zero-order valence-corrected chi connectivity index (χ0v) is 26.1. The minimum atomic E-state index is -0.341. The number of aryl methyl sites for hydroxylation is 1. The van der Waals surface area contributed by atoms with Gasteiger partial charge in [0.1, 0.15) is 5.69 Å². The minimum absolute atomic E-state index is 0.0376. The van der Waals surface area contributed by atoms with E-state index in [1.165, 1.54) is 76.7 Å². The van der Waals surface area contributed by atoms with Gasteiger partial charge in [-0.2, -0.15) is 5.10 Å². The number of hydrogen-bond acceptors (Lipinski definition) is 5. The lowest BCUT2D eigenvalue weighted by atomic mass is 9.91. The first-order valence-corrected chi connectivity index (χ1v) is 16.2. The molecule has 8 heteroatoms. The molecule has 0 amide bonds. The number of nitro groups is 1. The van der Waals surface area contributed by atoms with Gasteiger partial charge < -0.3 is 5.32 Å². The fourth-order valence-electron chi connectivity index (χ4n) is 5.66. The molecular formula is C34H47ClN4O3. The lowest BCUT2D eigenvalue weighted by Gasteiger charge is -2.18. The summed E-state index contributed by atoms with van der Waals surface area (Å²) in [5.41, 5.74) is 3.57. The van der Waals surface area contributed by atoms with Gasteiger partial charge in [-0.3, -0.25) is 14.9 Å². The maximum Gasteiger partial charge on any atom is 0.296 e. The summed E-state index contributed by atoms with van der Waals surface area (Å²) in [6.07, 6.45) is 20.5. The maximum atomic E-state index is 12.5. The first-order chi connectivity index (χ1) is 20.4. The number of nitrogens with zero attached hydrogens (tertiary/aromatic N) is 2. The number of aromatic amines is 1. The van der Waals surface area contributed by atoms with E-state index in [2.05, 4.69) is 22.4 Å². The lowest BCUT2D eigenvalue weighted by molar-refractivity contribution is -0.384. The van der Waals surface area contributed by atoms with Crippen LogP contribution in [0.4, 0.5) is 17.1 Å². The molecule has 2 N–H and O–H groups in total. The molecule has 7 nitrogen and oxygen atoms in total. The second-order valence-corrected chi connectivity index (χ2v) is 11.6. The third-order valence-corrected chi connectivity index (χ3v) is 8.13. The molecule has 0 radical (unpaired) electrons. The third kappa shape index (κ3) is 10.6. The molecule has 0 spiro atoms. The van der Waals surface area contributed by atoms with Crippen LogP contribution < -0.4 is 10.9 Å². The Morgan fingerprint density at radius 2 is 1.50 bits per heavy atom. The molecule has 42 heavy (non-hydrogen) atoms. The molecule has 0 aliphatic carbocycles. The fourth-order valence-corrected chi connectivity index (χ4v) is 5.85.